The van der Waals surface area contributed by atoms with Gasteiger partial charge >= 0.3 is 5.97 Å². The number of aryl methyl sites for hydroxylation is 2. The molecular weight excluding hydrogens is 649 g/mol. The van der Waals surface area contributed by atoms with Crippen molar-refractivity contribution < 1.29 is 23.6 Å². The quantitative estimate of drug-likeness (QED) is 0.137. The van der Waals surface area contributed by atoms with Crippen LogP contribution in [0.1, 0.15) is 70.3 Å². The number of amides is 1. The highest BCUT2D eigenvalue weighted by molar-refractivity contribution is 7.84. The smallest absolute Gasteiger partial charge is 0.310 e. The van der Waals surface area contributed by atoms with Crippen LogP contribution in [0.15, 0.2) is 83.5 Å². The van der Waals surface area contributed by atoms with Crippen molar-refractivity contribution in [1.82, 2.24) is 9.55 Å². The van der Waals surface area contributed by atoms with E-state index in [-0.39, 0.29) is 5.91 Å². The SMILES string of the molecule is CCCOc1ccc(-c2ccc3c(c2)C=C(C(=O)Nc2ccc(S(=O)Cc4c(C)ncn4CCC)cc2)CCCN3CC(C)(C)C(=O)O)cc1. The minimum absolute atomic E-state index is 0.203. The molecule has 1 amide bonds. The molecule has 0 fully saturated rings. The van der Waals surface area contributed by atoms with Gasteiger partial charge in [0.1, 0.15) is 5.75 Å². The van der Waals surface area contributed by atoms with Gasteiger partial charge in [-0.05, 0) is 118 Å². The molecule has 0 bridgehead atoms. The van der Waals surface area contributed by atoms with Gasteiger partial charge < -0.3 is 24.6 Å². The van der Waals surface area contributed by atoms with E-state index >= 15 is 0 Å². The molecule has 0 saturated carbocycles. The summed E-state index contributed by atoms with van der Waals surface area (Å²) in [5.41, 5.74) is 5.89. The Hall–Kier alpha value is -4.70. The summed E-state index contributed by atoms with van der Waals surface area (Å²) in [6.07, 6.45) is 6.85. The summed E-state index contributed by atoms with van der Waals surface area (Å²) in [7, 11) is -1.26. The third-order valence-corrected chi connectivity index (χ3v) is 10.3. The minimum atomic E-state index is -1.26. The van der Waals surface area contributed by atoms with Gasteiger partial charge in [0.25, 0.3) is 5.91 Å². The van der Waals surface area contributed by atoms with Crippen molar-refractivity contribution in [3.8, 4) is 16.9 Å². The highest BCUT2D eigenvalue weighted by Gasteiger charge is 2.31. The molecule has 5 rings (SSSR count). The first-order valence-electron chi connectivity index (χ1n) is 17.4. The lowest BCUT2D eigenvalue weighted by Crippen LogP contribution is -2.40. The van der Waals surface area contributed by atoms with Crippen molar-refractivity contribution in [1.29, 1.82) is 0 Å². The van der Waals surface area contributed by atoms with Crippen LogP contribution in [0.4, 0.5) is 11.4 Å². The van der Waals surface area contributed by atoms with Gasteiger partial charge in [0.15, 0.2) is 0 Å². The van der Waals surface area contributed by atoms with Gasteiger partial charge in [0.2, 0.25) is 0 Å². The molecule has 1 aliphatic rings. The van der Waals surface area contributed by atoms with E-state index in [0.29, 0.717) is 54.4 Å². The Bertz CT molecular complexity index is 1860. The van der Waals surface area contributed by atoms with Crippen LogP contribution in [0.2, 0.25) is 0 Å². The lowest BCUT2D eigenvalue weighted by atomic mass is 9.91. The average molecular weight is 697 g/mol. The summed E-state index contributed by atoms with van der Waals surface area (Å²) in [6.45, 7) is 12.0. The molecule has 0 saturated heterocycles. The monoisotopic (exact) mass is 696 g/mol. The van der Waals surface area contributed by atoms with E-state index in [2.05, 4.69) is 39.7 Å². The second kappa shape index (κ2) is 16.3. The van der Waals surface area contributed by atoms with Gasteiger partial charge in [-0.15, -0.1) is 0 Å². The van der Waals surface area contributed by atoms with E-state index in [4.69, 9.17) is 4.74 Å². The first-order valence-corrected chi connectivity index (χ1v) is 18.7. The molecule has 1 unspecified atom stereocenters. The fourth-order valence-electron chi connectivity index (χ4n) is 6.07. The maximum atomic E-state index is 13.7. The lowest BCUT2D eigenvalue weighted by molar-refractivity contribution is -0.146. The maximum Gasteiger partial charge on any atom is 0.310 e. The Morgan fingerprint density at radius 1 is 1.00 bits per heavy atom. The summed E-state index contributed by atoms with van der Waals surface area (Å²) in [5, 5.41) is 12.9. The number of rotatable bonds is 14. The number of aliphatic carboxylic acids is 1. The van der Waals surface area contributed by atoms with Gasteiger partial charge in [0.05, 0.1) is 46.3 Å². The van der Waals surface area contributed by atoms with Crippen molar-refractivity contribution in [2.24, 2.45) is 5.41 Å². The number of hydrogen-bond acceptors (Lipinski definition) is 6. The summed E-state index contributed by atoms with van der Waals surface area (Å²) < 4.78 is 21.1. The van der Waals surface area contributed by atoms with E-state index in [1.54, 1.807) is 38.1 Å². The van der Waals surface area contributed by atoms with Crippen LogP contribution in [0, 0.1) is 12.3 Å². The predicted molar refractivity (Wildman–Crippen MR) is 201 cm³/mol. The number of carboxylic acids is 1. The number of carbonyl (C=O) groups excluding carboxylic acids is 1. The van der Waals surface area contributed by atoms with E-state index in [1.165, 1.54) is 0 Å². The second-order valence-electron chi connectivity index (χ2n) is 13.5. The predicted octanol–water partition coefficient (Wildman–Crippen LogP) is 8.10. The highest BCUT2D eigenvalue weighted by atomic mass is 32.2. The van der Waals surface area contributed by atoms with E-state index in [9.17, 15) is 18.9 Å². The van der Waals surface area contributed by atoms with Crippen LogP contribution >= 0.6 is 0 Å². The molecule has 10 heteroatoms. The Labute approximate surface area is 297 Å². The number of carbonyl (C=O) groups is 2. The number of nitrogens with zero attached hydrogens (tertiary/aromatic N) is 3. The van der Waals surface area contributed by atoms with E-state index < -0.39 is 22.2 Å². The van der Waals surface area contributed by atoms with Crippen molar-refractivity contribution in [2.75, 3.05) is 29.9 Å². The van der Waals surface area contributed by atoms with Crippen molar-refractivity contribution in [3.63, 3.8) is 0 Å². The Morgan fingerprint density at radius 3 is 2.40 bits per heavy atom. The zero-order valence-electron chi connectivity index (χ0n) is 29.7. The number of ether oxygens (including phenoxy) is 1. The maximum absolute atomic E-state index is 13.7. The number of nitrogens with one attached hydrogen (secondary N) is 1. The van der Waals surface area contributed by atoms with E-state index in [1.807, 2.05) is 55.7 Å². The highest BCUT2D eigenvalue weighted by Crippen LogP contribution is 2.35. The molecule has 2 N–H and O–H groups in total. The Balaban J connectivity index is 1.39. The first-order chi connectivity index (χ1) is 24.0. The van der Waals surface area contributed by atoms with Gasteiger partial charge in [-0.2, -0.15) is 0 Å². The van der Waals surface area contributed by atoms with Crippen molar-refractivity contribution in [2.45, 2.75) is 77.5 Å². The van der Waals surface area contributed by atoms with Crippen molar-refractivity contribution >= 4 is 40.1 Å². The van der Waals surface area contributed by atoms with Gasteiger partial charge in [-0.25, -0.2) is 4.98 Å². The lowest BCUT2D eigenvalue weighted by Gasteiger charge is -2.34. The molecule has 2 heterocycles. The van der Waals surface area contributed by atoms with Crippen molar-refractivity contribution in [3.05, 3.63) is 95.6 Å². The number of fused-ring (bicyclic) bond motifs is 1. The molecule has 1 aromatic heterocycles. The van der Waals surface area contributed by atoms with Gasteiger partial charge in [0, 0.05) is 41.5 Å². The average Bonchev–Trinajstić information content (AvgIpc) is 3.43. The van der Waals surface area contributed by atoms with Crippen LogP contribution in [-0.2, 0) is 32.7 Å². The number of aromatic nitrogens is 2. The molecular formula is C40H48N4O5S. The van der Waals surface area contributed by atoms with Gasteiger partial charge in [-0.1, -0.05) is 32.0 Å². The number of anilines is 2. The standard InChI is InChI=1S/C40H48N4O5S/c1-6-20-44-27-41-28(3)37(44)25-50(48)35-17-13-33(14-18-35)42-38(45)31-9-8-21-43(26-40(4,5)39(46)47)36-19-12-30(23-32(36)24-31)29-10-15-34(16-11-29)49-22-7-2/h10-19,23-24,27H,6-9,20-22,25-26H2,1-5H3,(H,42,45)(H,46,47). The molecule has 4 aromatic rings. The number of hydrogen-bond donors (Lipinski definition) is 2. The Kier molecular flexibility index (Phi) is 12.0. The molecule has 264 valence electrons. The molecule has 0 aliphatic carbocycles. The van der Waals surface area contributed by atoms with Crippen LogP contribution in [-0.4, -0.2) is 50.4 Å². The number of imidazole rings is 1. The fourth-order valence-corrected chi connectivity index (χ4v) is 7.30. The Morgan fingerprint density at radius 2 is 1.72 bits per heavy atom. The topological polar surface area (TPSA) is 114 Å². The zero-order chi connectivity index (χ0) is 35.8. The summed E-state index contributed by atoms with van der Waals surface area (Å²) in [5.74, 6) is 0.137. The zero-order valence-corrected chi connectivity index (χ0v) is 30.5. The first kappa shape index (κ1) is 36.6. The van der Waals surface area contributed by atoms with E-state index in [0.717, 1.165) is 58.9 Å². The second-order valence-corrected chi connectivity index (χ2v) is 14.9. The van der Waals surface area contributed by atoms with Crippen LogP contribution in [0.25, 0.3) is 17.2 Å². The molecule has 50 heavy (non-hydrogen) atoms. The molecule has 0 radical (unpaired) electrons. The normalized spacial score (nSPS) is 13.9. The summed E-state index contributed by atoms with van der Waals surface area (Å²) >= 11 is 0. The third kappa shape index (κ3) is 8.90. The van der Waals surface area contributed by atoms with Gasteiger partial charge in [-0.3, -0.25) is 13.8 Å². The molecule has 3 aromatic carbocycles. The number of benzene rings is 3. The molecule has 1 atom stereocenters. The molecule has 9 nitrogen and oxygen atoms in total. The largest absolute Gasteiger partial charge is 0.494 e. The minimum Gasteiger partial charge on any atom is -0.494 e. The summed E-state index contributed by atoms with van der Waals surface area (Å²) in [4.78, 5) is 33.0. The third-order valence-electron chi connectivity index (χ3n) is 8.95. The van der Waals surface area contributed by atoms with Crippen LogP contribution in [0.5, 0.6) is 5.75 Å². The summed E-state index contributed by atoms with van der Waals surface area (Å²) in [6, 6.07) is 21.3. The molecule has 0 spiro atoms. The fraction of sp³-hybridized carbons (Fsp3) is 0.375. The number of carboxylic acid groups (broad SMARTS) is 1. The van der Waals surface area contributed by atoms with Crippen LogP contribution in [0.3, 0.4) is 0 Å². The van der Waals surface area contributed by atoms with Crippen LogP contribution < -0.4 is 15.0 Å². The molecule has 1 aliphatic heterocycles.